The number of fused-ring (bicyclic) bond motifs is 1. The molecule has 1 aromatic carbocycles. The van der Waals surface area contributed by atoms with Gasteiger partial charge in [-0.25, -0.2) is 4.40 Å². The Morgan fingerprint density at radius 1 is 1.32 bits per heavy atom. The van der Waals surface area contributed by atoms with Gasteiger partial charge in [-0.15, -0.1) is 0 Å². The monoisotopic (exact) mass is 299 g/mol. The van der Waals surface area contributed by atoms with E-state index in [1.807, 2.05) is 0 Å². The molecule has 0 bridgehead atoms. The molecule has 0 amide bonds. The van der Waals surface area contributed by atoms with Gasteiger partial charge in [-0.3, -0.25) is 4.79 Å². The summed E-state index contributed by atoms with van der Waals surface area (Å²) in [4.78, 5) is 15.4. The Hall–Kier alpha value is -1.92. The van der Waals surface area contributed by atoms with Crippen molar-refractivity contribution in [3.05, 3.63) is 50.6 Å². The zero-order valence-corrected chi connectivity index (χ0v) is 10.6. The third-order valence-corrected chi connectivity index (χ3v) is 3.03. The maximum atomic E-state index is 13.3. The summed E-state index contributed by atoms with van der Waals surface area (Å²) < 4.78 is 19.0. The second-order valence-corrected chi connectivity index (χ2v) is 4.50. The van der Waals surface area contributed by atoms with Crippen LogP contribution in [0.4, 0.5) is 4.39 Å². The number of benzene rings is 1. The van der Waals surface area contributed by atoms with E-state index in [0.29, 0.717) is 10.6 Å². The highest BCUT2D eigenvalue weighted by molar-refractivity contribution is 6.36. The molecule has 5 nitrogen and oxygen atoms in total. The lowest BCUT2D eigenvalue weighted by Crippen LogP contribution is -2.17. The summed E-state index contributed by atoms with van der Waals surface area (Å²) in [6.45, 7) is 0. The molecule has 19 heavy (non-hydrogen) atoms. The van der Waals surface area contributed by atoms with Crippen LogP contribution >= 0.6 is 23.2 Å². The van der Waals surface area contributed by atoms with Crippen LogP contribution in [0, 0.1) is 5.82 Å². The number of aromatic nitrogens is 3. The van der Waals surface area contributed by atoms with E-state index < -0.39 is 11.4 Å². The van der Waals surface area contributed by atoms with E-state index in [9.17, 15) is 9.18 Å². The second-order valence-electron chi connectivity index (χ2n) is 3.66. The Morgan fingerprint density at radius 3 is 2.84 bits per heavy atom. The number of hydrogen-bond donors (Lipinski definition) is 0. The maximum absolute atomic E-state index is 13.3. The first-order chi connectivity index (χ1) is 9.08. The molecule has 0 aliphatic carbocycles. The van der Waals surface area contributed by atoms with E-state index in [1.54, 1.807) is 12.1 Å². The number of rotatable bonds is 1. The van der Waals surface area contributed by atoms with Gasteiger partial charge in [0.05, 0.1) is 11.2 Å². The summed E-state index contributed by atoms with van der Waals surface area (Å²) in [6, 6.07) is 4.61. The summed E-state index contributed by atoms with van der Waals surface area (Å²) in [6.07, 6.45) is 0.774. The second kappa shape index (κ2) is 4.32. The summed E-state index contributed by atoms with van der Waals surface area (Å²) in [5.74, 6) is -1.06. The third-order valence-electron chi connectivity index (χ3n) is 2.48. The molecule has 8 heteroatoms. The minimum atomic E-state index is -1.01. The standard InChI is InChI=1S/C11H4Cl2FN3O2/c12-5-1-2-6(7(13)3-5)9-16-19-11-15-4-8(14)10(18)17(9)11/h1-4H. The summed E-state index contributed by atoms with van der Waals surface area (Å²) in [7, 11) is 0. The zero-order chi connectivity index (χ0) is 13.6. The van der Waals surface area contributed by atoms with Crippen LogP contribution in [0.25, 0.3) is 17.2 Å². The predicted octanol–water partition coefficient (Wildman–Crippen LogP) is 2.80. The van der Waals surface area contributed by atoms with Gasteiger partial charge in [0.2, 0.25) is 5.82 Å². The van der Waals surface area contributed by atoms with Crippen LogP contribution in [0.3, 0.4) is 0 Å². The topological polar surface area (TPSA) is 60.4 Å². The fourth-order valence-corrected chi connectivity index (χ4v) is 2.13. The Morgan fingerprint density at radius 2 is 2.11 bits per heavy atom. The molecule has 0 saturated carbocycles. The molecule has 0 aliphatic rings. The van der Waals surface area contributed by atoms with Crippen molar-refractivity contribution in [3.8, 4) is 11.4 Å². The predicted molar refractivity (Wildman–Crippen MR) is 66.9 cm³/mol. The first-order valence-electron chi connectivity index (χ1n) is 5.06. The van der Waals surface area contributed by atoms with Crippen LogP contribution in [-0.2, 0) is 0 Å². The van der Waals surface area contributed by atoms with E-state index >= 15 is 0 Å². The SMILES string of the molecule is O=c1c(F)cnc2onc(-c3ccc(Cl)cc3Cl)n12. The molecular weight excluding hydrogens is 296 g/mol. The summed E-state index contributed by atoms with van der Waals surface area (Å²) in [5, 5.41) is 4.38. The summed E-state index contributed by atoms with van der Waals surface area (Å²) in [5.41, 5.74) is -0.522. The van der Waals surface area contributed by atoms with Crippen molar-refractivity contribution in [1.29, 1.82) is 0 Å². The fourth-order valence-electron chi connectivity index (χ4n) is 1.64. The van der Waals surface area contributed by atoms with Crippen LogP contribution in [0.15, 0.2) is 33.7 Å². The van der Waals surface area contributed by atoms with Crippen molar-refractivity contribution < 1.29 is 8.91 Å². The molecule has 96 valence electrons. The Labute approximate surface area is 115 Å². The number of hydrogen-bond acceptors (Lipinski definition) is 4. The first kappa shape index (κ1) is 12.1. The van der Waals surface area contributed by atoms with Gasteiger partial charge in [-0.05, 0) is 18.2 Å². The van der Waals surface area contributed by atoms with Crippen molar-refractivity contribution in [2.75, 3.05) is 0 Å². The molecule has 0 fully saturated rings. The quantitative estimate of drug-likeness (QED) is 0.693. The Kier molecular flexibility index (Phi) is 2.76. The van der Waals surface area contributed by atoms with E-state index in [1.165, 1.54) is 6.07 Å². The molecule has 0 radical (unpaired) electrons. The molecule has 0 atom stereocenters. The maximum Gasteiger partial charge on any atom is 0.335 e. The third kappa shape index (κ3) is 1.89. The molecule has 0 N–H and O–H groups in total. The molecule has 3 rings (SSSR count). The molecule has 2 heterocycles. The normalized spacial score (nSPS) is 11.1. The smallest absolute Gasteiger partial charge is 0.314 e. The first-order valence-corrected chi connectivity index (χ1v) is 5.82. The van der Waals surface area contributed by atoms with Crippen LogP contribution < -0.4 is 5.56 Å². The van der Waals surface area contributed by atoms with E-state index in [0.717, 1.165) is 10.6 Å². The lowest BCUT2D eigenvalue weighted by atomic mass is 10.2. The van der Waals surface area contributed by atoms with Gasteiger partial charge in [-0.1, -0.05) is 28.4 Å². The van der Waals surface area contributed by atoms with E-state index in [-0.39, 0.29) is 16.7 Å². The molecule has 3 aromatic rings. The molecule has 0 aliphatic heterocycles. The lowest BCUT2D eigenvalue weighted by Gasteiger charge is -2.01. The van der Waals surface area contributed by atoms with Gasteiger partial charge in [0.15, 0.2) is 5.82 Å². The average molecular weight is 300 g/mol. The van der Waals surface area contributed by atoms with Crippen LogP contribution in [0.2, 0.25) is 10.0 Å². The average Bonchev–Trinajstić information content (AvgIpc) is 2.78. The van der Waals surface area contributed by atoms with Gasteiger partial charge in [0, 0.05) is 10.6 Å². The minimum absolute atomic E-state index is 0.0636. The lowest BCUT2D eigenvalue weighted by molar-refractivity contribution is 0.446. The van der Waals surface area contributed by atoms with Gasteiger partial charge < -0.3 is 4.52 Å². The van der Waals surface area contributed by atoms with E-state index in [2.05, 4.69) is 10.1 Å². The van der Waals surface area contributed by atoms with Crippen LogP contribution in [-0.4, -0.2) is 14.5 Å². The molecule has 0 spiro atoms. The Bertz CT molecular complexity index is 844. The van der Waals surface area contributed by atoms with Gasteiger partial charge >= 0.3 is 5.84 Å². The number of halogens is 3. The van der Waals surface area contributed by atoms with Crippen molar-refractivity contribution in [1.82, 2.24) is 14.5 Å². The molecule has 0 unspecified atom stereocenters. The van der Waals surface area contributed by atoms with E-state index in [4.69, 9.17) is 27.7 Å². The van der Waals surface area contributed by atoms with Crippen molar-refractivity contribution in [2.45, 2.75) is 0 Å². The highest BCUT2D eigenvalue weighted by Gasteiger charge is 2.17. The minimum Gasteiger partial charge on any atom is -0.314 e. The summed E-state index contributed by atoms with van der Waals surface area (Å²) >= 11 is 11.8. The van der Waals surface area contributed by atoms with Crippen LogP contribution in [0.5, 0.6) is 0 Å². The number of nitrogens with zero attached hydrogens (tertiary/aromatic N) is 3. The Balaban J connectivity index is 2.37. The molecular formula is C11H4Cl2FN3O2. The van der Waals surface area contributed by atoms with Gasteiger partial charge in [-0.2, -0.15) is 9.37 Å². The van der Waals surface area contributed by atoms with Gasteiger partial charge in [0.25, 0.3) is 5.56 Å². The largest absolute Gasteiger partial charge is 0.335 e. The molecule has 2 aromatic heterocycles. The van der Waals surface area contributed by atoms with Crippen molar-refractivity contribution >= 4 is 29.0 Å². The van der Waals surface area contributed by atoms with Crippen LogP contribution in [0.1, 0.15) is 0 Å². The van der Waals surface area contributed by atoms with Crippen molar-refractivity contribution in [3.63, 3.8) is 0 Å². The highest BCUT2D eigenvalue weighted by atomic mass is 35.5. The molecule has 0 saturated heterocycles. The fraction of sp³-hybridized carbons (Fsp3) is 0. The van der Waals surface area contributed by atoms with Crippen molar-refractivity contribution in [2.24, 2.45) is 0 Å². The zero-order valence-electron chi connectivity index (χ0n) is 9.10. The highest BCUT2D eigenvalue weighted by Crippen LogP contribution is 2.29. The van der Waals surface area contributed by atoms with Gasteiger partial charge in [0.1, 0.15) is 0 Å².